The van der Waals surface area contributed by atoms with Crippen molar-refractivity contribution in [3.63, 3.8) is 0 Å². The molecule has 1 N–H and O–H groups in total. The highest BCUT2D eigenvalue weighted by Crippen LogP contribution is 2.40. The number of aryl methyl sites for hydroxylation is 1. The zero-order valence-electron chi connectivity index (χ0n) is 13.4. The fourth-order valence-electron chi connectivity index (χ4n) is 4.01. The molecule has 3 rings (SSSR count). The molecule has 0 radical (unpaired) electrons. The summed E-state index contributed by atoms with van der Waals surface area (Å²) in [6.07, 6.45) is 5.55. The lowest BCUT2D eigenvalue weighted by Crippen LogP contribution is -2.47. The third kappa shape index (κ3) is 2.85. The number of carbonyl (C=O) groups is 2. The molecule has 3 atom stereocenters. The number of amides is 1. The van der Waals surface area contributed by atoms with Gasteiger partial charge in [0.15, 0.2) is 0 Å². The van der Waals surface area contributed by atoms with E-state index < -0.39 is 16.9 Å². The molecule has 2 fully saturated rings. The summed E-state index contributed by atoms with van der Waals surface area (Å²) in [5.41, 5.74) is 0. The zero-order chi connectivity index (χ0) is 17.4. The maximum absolute atomic E-state index is 12.8. The van der Waals surface area contributed by atoms with Crippen LogP contribution in [0.25, 0.3) is 0 Å². The number of aromatic nitrogens is 2. The first kappa shape index (κ1) is 16.4. The Bertz CT molecular complexity index is 685. The van der Waals surface area contributed by atoms with Crippen LogP contribution in [-0.2, 0) is 16.1 Å². The molecule has 1 aromatic heterocycles. The molecule has 1 saturated carbocycles. The van der Waals surface area contributed by atoms with Gasteiger partial charge in [-0.1, -0.05) is 12.8 Å². The molecule has 1 aliphatic heterocycles. The molecule has 2 heterocycles. The summed E-state index contributed by atoms with van der Waals surface area (Å²) < 4.78 is 1.41. The topological polar surface area (TPSA) is 119 Å². The fourth-order valence-corrected chi connectivity index (χ4v) is 4.01. The minimum absolute atomic E-state index is 0.0360. The average molecular weight is 336 g/mol. The average Bonchev–Trinajstić information content (AvgIpc) is 3.08. The van der Waals surface area contributed by atoms with Crippen LogP contribution in [0.5, 0.6) is 0 Å². The third-order valence-electron chi connectivity index (χ3n) is 5.12. The lowest BCUT2D eigenvalue weighted by atomic mass is 9.85. The second kappa shape index (κ2) is 6.21. The highest BCUT2D eigenvalue weighted by molar-refractivity contribution is 5.84. The van der Waals surface area contributed by atoms with Crippen LogP contribution in [0.4, 0.5) is 5.82 Å². The van der Waals surface area contributed by atoms with Gasteiger partial charge in [-0.3, -0.25) is 9.36 Å². The molecule has 9 nitrogen and oxygen atoms in total. The highest BCUT2D eigenvalue weighted by Gasteiger charge is 2.47. The maximum atomic E-state index is 12.8. The second-order valence-corrected chi connectivity index (χ2v) is 6.53. The molecule has 3 unspecified atom stereocenters. The monoisotopic (exact) mass is 336 g/mol. The van der Waals surface area contributed by atoms with E-state index in [0.29, 0.717) is 12.2 Å². The van der Waals surface area contributed by atoms with Gasteiger partial charge >= 0.3 is 11.8 Å². The van der Waals surface area contributed by atoms with E-state index >= 15 is 0 Å². The van der Waals surface area contributed by atoms with Crippen molar-refractivity contribution in [3.05, 3.63) is 22.1 Å². The van der Waals surface area contributed by atoms with E-state index in [1.165, 1.54) is 15.7 Å². The van der Waals surface area contributed by atoms with E-state index in [9.17, 15) is 24.8 Å². The van der Waals surface area contributed by atoms with E-state index in [1.807, 2.05) is 0 Å². The zero-order valence-corrected chi connectivity index (χ0v) is 13.4. The quantitative estimate of drug-likeness (QED) is 0.655. The summed E-state index contributed by atoms with van der Waals surface area (Å²) in [5, 5.41) is 20.3. The van der Waals surface area contributed by atoms with Crippen molar-refractivity contribution in [1.82, 2.24) is 14.5 Å². The molecule has 0 aromatic carbocycles. The summed E-state index contributed by atoms with van der Waals surface area (Å²) in [5.74, 6) is -1.01. The Balaban J connectivity index is 1.81. The molecule has 1 aromatic rings. The SMILES string of the molecule is Cc1nc([N+](=O)[O-])cn1CC(=O)N1C(C(=O)O)CC2CCCCC21. The van der Waals surface area contributed by atoms with E-state index in [1.54, 1.807) is 6.92 Å². The Labute approximate surface area is 138 Å². The molecule has 2 aliphatic rings. The van der Waals surface area contributed by atoms with Crippen molar-refractivity contribution < 1.29 is 19.6 Å². The fraction of sp³-hybridized carbons (Fsp3) is 0.667. The number of aliphatic carboxylic acids is 1. The van der Waals surface area contributed by atoms with Gasteiger partial charge in [-0.05, 0) is 35.1 Å². The summed E-state index contributed by atoms with van der Waals surface area (Å²) in [6.45, 7) is 1.46. The van der Waals surface area contributed by atoms with Crippen LogP contribution in [0.3, 0.4) is 0 Å². The molecule has 9 heteroatoms. The van der Waals surface area contributed by atoms with Gasteiger partial charge in [0.2, 0.25) is 11.7 Å². The van der Waals surface area contributed by atoms with Crippen LogP contribution in [-0.4, -0.2) is 48.4 Å². The molecule has 24 heavy (non-hydrogen) atoms. The number of nitro groups is 1. The van der Waals surface area contributed by atoms with E-state index in [-0.39, 0.29) is 30.2 Å². The Morgan fingerprint density at radius 1 is 1.42 bits per heavy atom. The minimum Gasteiger partial charge on any atom is -0.480 e. The van der Waals surface area contributed by atoms with Crippen LogP contribution in [0.1, 0.15) is 37.9 Å². The van der Waals surface area contributed by atoms with Gasteiger partial charge in [0, 0.05) is 13.0 Å². The molecule has 130 valence electrons. The molecule has 1 amide bonds. The maximum Gasteiger partial charge on any atom is 0.381 e. The van der Waals surface area contributed by atoms with Gasteiger partial charge < -0.3 is 20.1 Å². The molecule has 1 aliphatic carbocycles. The highest BCUT2D eigenvalue weighted by atomic mass is 16.6. The summed E-state index contributed by atoms with van der Waals surface area (Å²) in [4.78, 5) is 39.8. The number of likely N-dealkylation sites (tertiary alicyclic amines) is 1. The van der Waals surface area contributed by atoms with Crippen molar-refractivity contribution in [1.29, 1.82) is 0 Å². The van der Waals surface area contributed by atoms with E-state index in [4.69, 9.17) is 0 Å². The van der Waals surface area contributed by atoms with Crippen LogP contribution < -0.4 is 0 Å². The van der Waals surface area contributed by atoms with Crippen LogP contribution in [0.2, 0.25) is 0 Å². The molecular formula is C15H20N4O5. The number of carbonyl (C=O) groups excluding carboxylic acids is 1. The van der Waals surface area contributed by atoms with Crippen LogP contribution >= 0.6 is 0 Å². The number of fused-ring (bicyclic) bond motifs is 1. The van der Waals surface area contributed by atoms with Gasteiger partial charge in [-0.25, -0.2) is 4.79 Å². The lowest BCUT2D eigenvalue weighted by molar-refractivity contribution is -0.389. The number of nitrogens with zero attached hydrogens (tertiary/aromatic N) is 4. The van der Waals surface area contributed by atoms with Gasteiger partial charge in [0.25, 0.3) is 0 Å². The largest absolute Gasteiger partial charge is 0.480 e. The van der Waals surface area contributed by atoms with Crippen molar-refractivity contribution >= 4 is 17.7 Å². The summed E-state index contributed by atoms with van der Waals surface area (Å²) in [7, 11) is 0. The predicted octanol–water partition coefficient (Wildman–Crippen LogP) is 1.34. The number of hydrogen-bond acceptors (Lipinski definition) is 5. The first-order valence-corrected chi connectivity index (χ1v) is 8.10. The van der Waals surface area contributed by atoms with Crippen molar-refractivity contribution in [2.45, 2.75) is 57.7 Å². The summed E-state index contributed by atoms with van der Waals surface area (Å²) >= 11 is 0. The Hall–Kier alpha value is -2.45. The summed E-state index contributed by atoms with van der Waals surface area (Å²) in [6, 6.07) is -0.837. The van der Waals surface area contributed by atoms with Gasteiger partial charge in [-0.15, -0.1) is 0 Å². The molecule has 0 spiro atoms. The van der Waals surface area contributed by atoms with Crippen molar-refractivity contribution in [2.24, 2.45) is 5.92 Å². The predicted molar refractivity (Wildman–Crippen MR) is 82.3 cm³/mol. The van der Waals surface area contributed by atoms with E-state index in [2.05, 4.69) is 4.98 Å². The third-order valence-corrected chi connectivity index (χ3v) is 5.12. The number of carboxylic acid groups (broad SMARTS) is 1. The van der Waals surface area contributed by atoms with Gasteiger partial charge in [-0.2, -0.15) is 0 Å². The van der Waals surface area contributed by atoms with Crippen molar-refractivity contribution in [2.75, 3.05) is 0 Å². The molecule has 0 bridgehead atoms. The molecule has 1 saturated heterocycles. The normalized spacial score (nSPS) is 26.2. The standard InChI is InChI=1S/C15H20N4O5/c1-9-16-13(19(23)24)7-17(9)8-14(20)18-11-5-3-2-4-10(11)6-12(18)15(21)22/h7,10-12H,2-6,8H2,1H3,(H,21,22). The number of hydrogen-bond donors (Lipinski definition) is 1. The minimum atomic E-state index is -0.980. The van der Waals surface area contributed by atoms with E-state index in [0.717, 1.165) is 25.7 Å². The van der Waals surface area contributed by atoms with Gasteiger partial charge in [0.1, 0.15) is 18.8 Å². The van der Waals surface area contributed by atoms with Crippen molar-refractivity contribution in [3.8, 4) is 0 Å². The lowest BCUT2D eigenvalue weighted by Gasteiger charge is -2.33. The number of rotatable bonds is 4. The first-order chi connectivity index (χ1) is 11.4. The first-order valence-electron chi connectivity index (χ1n) is 8.10. The Morgan fingerprint density at radius 3 is 2.75 bits per heavy atom. The van der Waals surface area contributed by atoms with Gasteiger partial charge in [0.05, 0.1) is 0 Å². The van der Waals surface area contributed by atoms with Crippen LogP contribution in [0, 0.1) is 23.0 Å². The number of carboxylic acids is 1. The second-order valence-electron chi connectivity index (χ2n) is 6.53. The smallest absolute Gasteiger partial charge is 0.381 e. The Kier molecular flexibility index (Phi) is 4.25. The van der Waals surface area contributed by atoms with Crippen LogP contribution in [0.15, 0.2) is 6.20 Å². The number of imidazole rings is 1. The Morgan fingerprint density at radius 2 is 2.12 bits per heavy atom. The molecular weight excluding hydrogens is 316 g/mol.